The van der Waals surface area contributed by atoms with Crippen molar-refractivity contribution in [3.63, 3.8) is 0 Å². The summed E-state index contributed by atoms with van der Waals surface area (Å²) in [6, 6.07) is 10.3. The van der Waals surface area contributed by atoms with Crippen LogP contribution in [0.1, 0.15) is 5.56 Å². The molecule has 0 unspecified atom stereocenters. The van der Waals surface area contributed by atoms with Crippen LogP contribution in [0.25, 0.3) is 0 Å². The Hall–Kier alpha value is -1.10. The van der Waals surface area contributed by atoms with Crippen LogP contribution in [-0.4, -0.2) is 44.5 Å². The van der Waals surface area contributed by atoms with Gasteiger partial charge in [-0.3, -0.25) is 4.79 Å². The van der Waals surface area contributed by atoms with Crippen molar-refractivity contribution in [2.45, 2.75) is 6.54 Å². The highest BCUT2D eigenvalue weighted by atomic mass is 35.5. The summed E-state index contributed by atoms with van der Waals surface area (Å²) in [7, 11) is 3.82. The Balaban J connectivity index is 0.00000289. The molecule has 5 heteroatoms. The minimum Gasteiger partial charge on any atom is -0.354 e. The van der Waals surface area contributed by atoms with Gasteiger partial charge in [-0.05, 0) is 19.7 Å². The number of halogens is 1. The molecule has 102 valence electrons. The summed E-state index contributed by atoms with van der Waals surface area (Å²) in [6.07, 6.45) is 0. The van der Waals surface area contributed by atoms with E-state index in [4.69, 9.17) is 0 Å². The molecule has 0 aliphatic heterocycles. The van der Waals surface area contributed by atoms with E-state index in [-0.39, 0.29) is 18.3 Å². The van der Waals surface area contributed by atoms with Crippen molar-refractivity contribution in [2.75, 3.05) is 33.7 Å². The summed E-state index contributed by atoms with van der Waals surface area (Å²) in [5, 5.41) is 5.68. The summed E-state index contributed by atoms with van der Waals surface area (Å²) in [4.78, 5) is 13.4. The molecular formula is C13H22ClN3O. The predicted octanol–water partition coefficient (Wildman–Crippen LogP) is 0.876. The highest BCUT2D eigenvalue weighted by Gasteiger charge is 2.01. The lowest BCUT2D eigenvalue weighted by Gasteiger charge is -2.16. The number of hydrogen-bond acceptors (Lipinski definition) is 3. The molecule has 0 aromatic heterocycles. The molecule has 1 aromatic rings. The topological polar surface area (TPSA) is 44.4 Å². The van der Waals surface area contributed by atoms with Gasteiger partial charge in [0.05, 0.1) is 6.54 Å². The van der Waals surface area contributed by atoms with Crippen LogP contribution in [0.4, 0.5) is 0 Å². The third-order valence-electron chi connectivity index (χ3n) is 2.45. The lowest BCUT2D eigenvalue weighted by molar-refractivity contribution is -0.120. The Labute approximate surface area is 115 Å². The molecule has 0 fully saturated rings. The van der Waals surface area contributed by atoms with Crippen LogP contribution in [0.3, 0.4) is 0 Å². The zero-order valence-electron chi connectivity index (χ0n) is 11.0. The van der Waals surface area contributed by atoms with Gasteiger partial charge in [0.15, 0.2) is 0 Å². The fourth-order valence-electron chi connectivity index (χ4n) is 1.58. The van der Waals surface area contributed by atoms with Crippen LogP contribution in [0.5, 0.6) is 0 Å². The van der Waals surface area contributed by atoms with Crippen molar-refractivity contribution in [1.82, 2.24) is 15.5 Å². The molecule has 0 aliphatic rings. The van der Waals surface area contributed by atoms with Gasteiger partial charge in [-0.2, -0.15) is 0 Å². The third kappa shape index (κ3) is 7.27. The zero-order chi connectivity index (χ0) is 12.5. The van der Waals surface area contributed by atoms with E-state index in [9.17, 15) is 4.79 Å². The van der Waals surface area contributed by atoms with Gasteiger partial charge in [-0.25, -0.2) is 0 Å². The number of carbonyl (C=O) groups excluding carboxylic acids is 1. The molecular weight excluding hydrogens is 250 g/mol. The molecule has 2 N–H and O–H groups in total. The van der Waals surface area contributed by atoms with Crippen LogP contribution in [0.15, 0.2) is 30.3 Å². The first-order valence-corrected chi connectivity index (χ1v) is 5.86. The first-order valence-electron chi connectivity index (χ1n) is 5.86. The number of hydrogen-bond donors (Lipinski definition) is 2. The number of nitrogens with one attached hydrogen (secondary N) is 2. The monoisotopic (exact) mass is 271 g/mol. The second-order valence-electron chi connectivity index (χ2n) is 4.10. The quantitative estimate of drug-likeness (QED) is 0.774. The molecule has 18 heavy (non-hydrogen) atoms. The minimum absolute atomic E-state index is 0. The number of nitrogens with zero attached hydrogens (tertiary/aromatic N) is 1. The smallest absolute Gasteiger partial charge is 0.233 e. The largest absolute Gasteiger partial charge is 0.354 e. The van der Waals surface area contributed by atoms with E-state index in [1.165, 1.54) is 5.56 Å². The maximum atomic E-state index is 11.2. The fraction of sp³-hybridized carbons (Fsp3) is 0.462. The van der Waals surface area contributed by atoms with Crippen LogP contribution >= 0.6 is 12.4 Å². The van der Waals surface area contributed by atoms with E-state index >= 15 is 0 Å². The molecule has 0 spiro atoms. The molecule has 1 rings (SSSR count). The molecule has 4 nitrogen and oxygen atoms in total. The van der Waals surface area contributed by atoms with Crippen molar-refractivity contribution in [3.8, 4) is 0 Å². The molecule has 0 radical (unpaired) electrons. The number of benzene rings is 1. The average Bonchev–Trinajstić information content (AvgIpc) is 2.30. The lowest BCUT2D eigenvalue weighted by Crippen LogP contribution is -2.37. The second-order valence-corrected chi connectivity index (χ2v) is 4.10. The normalized spacial score (nSPS) is 9.94. The van der Waals surface area contributed by atoms with E-state index in [0.717, 1.165) is 13.1 Å². The maximum absolute atomic E-state index is 11.2. The molecule has 0 atom stereocenters. The lowest BCUT2D eigenvalue weighted by atomic mass is 10.2. The minimum atomic E-state index is 0. The molecule has 0 bridgehead atoms. The summed E-state index contributed by atoms with van der Waals surface area (Å²) < 4.78 is 0. The molecule has 0 heterocycles. The predicted molar refractivity (Wildman–Crippen MR) is 77.0 cm³/mol. The summed E-state index contributed by atoms with van der Waals surface area (Å²) in [6.45, 7) is 2.82. The SMILES string of the molecule is CNCC(=O)NCCN(C)Cc1ccccc1.Cl. The Morgan fingerprint density at radius 1 is 1.28 bits per heavy atom. The summed E-state index contributed by atoms with van der Waals surface area (Å²) in [5.41, 5.74) is 1.29. The molecule has 0 aliphatic carbocycles. The molecule has 1 aromatic carbocycles. The van der Waals surface area contributed by atoms with E-state index < -0.39 is 0 Å². The Bertz CT molecular complexity index is 332. The fourth-order valence-corrected chi connectivity index (χ4v) is 1.58. The summed E-state index contributed by atoms with van der Waals surface area (Å²) >= 11 is 0. The van der Waals surface area contributed by atoms with Gasteiger partial charge in [0.1, 0.15) is 0 Å². The Kier molecular flexibility index (Phi) is 9.28. The van der Waals surface area contributed by atoms with Gasteiger partial charge in [-0.15, -0.1) is 12.4 Å². The van der Waals surface area contributed by atoms with Crippen LogP contribution in [-0.2, 0) is 11.3 Å². The van der Waals surface area contributed by atoms with Gasteiger partial charge in [-0.1, -0.05) is 30.3 Å². The van der Waals surface area contributed by atoms with Gasteiger partial charge in [0.2, 0.25) is 5.91 Å². The van der Waals surface area contributed by atoms with Crippen LogP contribution in [0, 0.1) is 0 Å². The Morgan fingerprint density at radius 2 is 1.94 bits per heavy atom. The van der Waals surface area contributed by atoms with E-state index in [0.29, 0.717) is 13.1 Å². The van der Waals surface area contributed by atoms with E-state index in [2.05, 4.69) is 34.7 Å². The van der Waals surface area contributed by atoms with Crippen LogP contribution in [0.2, 0.25) is 0 Å². The second kappa shape index (κ2) is 9.88. The first kappa shape index (κ1) is 16.9. The molecule has 0 saturated heterocycles. The number of amides is 1. The Morgan fingerprint density at radius 3 is 2.56 bits per heavy atom. The highest BCUT2D eigenvalue weighted by Crippen LogP contribution is 2.01. The van der Waals surface area contributed by atoms with Crippen molar-refractivity contribution < 1.29 is 4.79 Å². The zero-order valence-corrected chi connectivity index (χ0v) is 11.8. The molecule has 1 amide bonds. The van der Waals surface area contributed by atoms with Crippen molar-refractivity contribution in [3.05, 3.63) is 35.9 Å². The van der Waals surface area contributed by atoms with E-state index in [1.807, 2.05) is 18.2 Å². The van der Waals surface area contributed by atoms with Crippen LogP contribution < -0.4 is 10.6 Å². The van der Waals surface area contributed by atoms with E-state index in [1.54, 1.807) is 7.05 Å². The third-order valence-corrected chi connectivity index (χ3v) is 2.45. The summed E-state index contributed by atoms with van der Waals surface area (Å²) in [5.74, 6) is 0.0422. The number of likely N-dealkylation sites (N-methyl/N-ethyl adjacent to an activating group) is 2. The van der Waals surface area contributed by atoms with Gasteiger partial charge in [0.25, 0.3) is 0 Å². The van der Waals surface area contributed by atoms with Gasteiger partial charge in [0, 0.05) is 19.6 Å². The average molecular weight is 272 g/mol. The number of rotatable bonds is 7. The van der Waals surface area contributed by atoms with Crippen molar-refractivity contribution in [2.24, 2.45) is 0 Å². The molecule has 0 saturated carbocycles. The van der Waals surface area contributed by atoms with Crippen molar-refractivity contribution in [1.29, 1.82) is 0 Å². The van der Waals surface area contributed by atoms with Gasteiger partial charge >= 0.3 is 0 Å². The number of carbonyl (C=O) groups is 1. The van der Waals surface area contributed by atoms with Gasteiger partial charge < -0.3 is 15.5 Å². The standard InChI is InChI=1S/C13H21N3O.ClH/c1-14-10-13(17)15-8-9-16(2)11-12-6-4-3-5-7-12;/h3-7,14H,8-11H2,1-2H3,(H,15,17);1H. The first-order chi connectivity index (χ1) is 8.22. The highest BCUT2D eigenvalue weighted by molar-refractivity contribution is 5.85. The maximum Gasteiger partial charge on any atom is 0.233 e. The van der Waals surface area contributed by atoms with Crippen molar-refractivity contribution >= 4 is 18.3 Å².